The number of nitrogens with one attached hydrogen (secondary N) is 2. The monoisotopic (exact) mass is 552 g/mol. The van der Waals surface area contributed by atoms with Gasteiger partial charge in [-0.05, 0) is 94.8 Å². The predicted octanol–water partition coefficient (Wildman–Crippen LogP) is 4.14. The van der Waals surface area contributed by atoms with E-state index in [9.17, 15) is 19.2 Å². The van der Waals surface area contributed by atoms with E-state index < -0.39 is 47.9 Å². The van der Waals surface area contributed by atoms with Crippen LogP contribution in [0.25, 0.3) is 0 Å². The smallest absolute Gasteiger partial charge is 0.408 e. The number of primary amides is 1. The van der Waals surface area contributed by atoms with E-state index in [4.69, 9.17) is 15.2 Å². The third kappa shape index (κ3) is 7.74. The number of benzene rings is 2. The first-order valence-electron chi connectivity index (χ1n) is 13.4. The number of carbonyl (C=O) groups is 4. The second kappa shape index (κ2) is 12.8. The molecule has 10 heteroatoms. The van der Waals surface area contributed by atoms with Crippen LogP contribution in [-0.2, 0) is 19.1 Å². The molecule has 216 valence electrons. The van der Waals surface area contributed by atoms with Crippen LogP contribution in [-0.4, -0.2) is 53.5 Å². The summed E-state index contributed by atoms with van der Waals surface area (Å²) in [5.74, 6) is -1.13. The molecule has 1 aliphatic rings. The molecule has 3 rings (SSSR count). The number of rotatable bonds is 10. The summed E-state index contributed by atoms with van der Waals surface area (Å²) in [7, 11) is 1.56. The van der Waals surface area contributed by atoms with Crippen LogP contribution in [0.2, 0.25) is 0 Å². The van der Waals surface area contributed by atoms with Gasteiger partial charge in [0.05, 0.1) is 13.5 Å². The fourth-order valence-electron chi connectivity index (χ4n) is 4.75. The van der Waals surface area contributed by atoms with E-state index in [1.807, 2.05) is 32.0 Å². The van der Waals surface area contributed by atoms with E-state index in [-0.39, 0.29) is 6.04 Å². The Kier molecular flexibility index (Phi) is 9.78. The molecule has 2 aromatic carbocycles. The van der Waals surface area contributed by atoms with Crippen molar-refractivity contribution in [3.63, 3.8) is 0 Å². The molecule has 2 unspecified atom stereocenters. The summed E-state index contributed by atoms with van der Waals surface area (Å²) < 4.78 is 10.6. The molecule has 0 aliphatic heterocycles. The van der Waals surface area contributed by atoms with E-state index in [1.165, 1.54) is 4.90 Å². The third-order valence-electron chi connectivity index (χ3n) is 6.82. The fourth-order valence-corrected chi connectivity index (χ4v) is 4.75. The summed E-state index contributed by atoms with van der Waals surface area (Å²) in [6, 6.07) is 9.94. The topological polar surface area (TPSA) is 140 Å². The van der Waals surface area contributed by atoms with Crippen molar-refractivity contribution in [2.45, 2.75) is 84.0 Å². The van der Waals surface area contributed by atoms with Crippen LogP contribution >= 0.6 is 0 Å². The van der Waals surface area contributed by atoms with Gasteiger partial charge in [-0.15, -0.1) is 0 Å². The van der Waals surface area contributed by atoms with Crippen LogP contribution in [0, 0.1) is 13.8 Å². The van der Waals surface area contributed by atoms with Gasteiger partial charge in [0.15, 0.2) is 0 Å². The zero-order valence-electron chi connectivity index (χ0n) is 24.1. The molecule has 2 aromatic rings. The van der Waals surface area contributed by atoms with Gasteiger partial charge >= 0.3 is 6.09 Å². The molecule has 4 N–H and O–H groups in total. The number of amides is 4. The first-order chi connectivity index (χ1) is 18.8. The minimum Gasteiger partial charge on any atom is -0.497 e. The fraction of sp³-hybridized carbons (Fsp3) is 0.467. The second-order valence-electron chi connectivity index (χ2n) is 11.1. The number of ether oxygens (including phenoxy) is 2. The van der Waals surface area contributed by atoms with Crippen molar-refractivity contribution in [2.75, 3.05) is 12.4 Å². The van der Waals surface area contributed by atoms with Gasteiger partial charge in [0.2, 0.25) is 11.8 Å². The Morgan fingerprint density at radius 1 is 1.02 bits per heavy atom. The number of nitrogens with two attached hydrogens (primary N) is 1. The quantitative estimate of drug-likeness (QED) is 0.405. The molecule has 0 heterocycles. The summed E-state index contributed by atoms with van der Waals surface area (Å²) >= 11 is 0. The van der Waals surface area contributed by atoms with E-state index in [2.05, 4.69) is 10.6 Å². The van der Waals surface area contributed by atoms with Gasteiger partial charge in [-0.2, -0.15) is 0 Å². The lowest BCUT2D eigenvalue weighted by atomic mass is 9.86. The van der Waals surface area contributed by atoms with Gasteiger partial charge in [0.1, 0.15) is 23.4 Å². The highest BCUT2D eigenvalue weighted by Crippen LogP contribution is 2.37. The molecule has 10 nitrogen and oxygen atoms in total. The maximum absolute atomic E-state index is 14.2. The van der Waals surface area contributed by atoms with Crippen LogP contribution in [0.4, 0.5) is 10.5 Å². The minimum absolute atomic E-state index is 0.270. The highest BCUT2D eigenvalue weighted by atomic mass is 16.6. The molecule has 40 heavy (non-hydrogen) atoms. The average Bonchev–Trinajstić information content (AvgIpc) is 2.82. The van der Waals surface area contributed by atoms with E-state index in [0.717, 1.165) is 17.5 Å². The number of methoxy groups -OCH3 is 1. The van der Waals surface area contributed by atoms with Gasteiger partial charge in [-0.1, -0.05) is 18.2 Å². The van der Waals surface area contributed by atoms with Gasteiger partial charge in [0.25, 0.3) is 5.91 Å². The zero-order valence-corrected chi connectivity index (χ0v) is 24.1. The molecule has 1 saturated carbocycles. The average molecular weight is 553 g/mol. The minimum atomic E-state index is -1.31. The van der Waals surface area contributed by atoms with Crippen molar-refractivity contribution in [1.82, 2.24) is 10.2 Å². The normalized spacial score (nSPS) is 14.8. The third-order valence-corrected chi connectivity index (χ3v) is 6.82. The van der Waals surface area contributed by atoms with Crippen molar-refractivity contribution in [1.29, 1.82) is 0 Å². The Morgan fingerprint density at radius 2 is 1.62 bits per heavy atom. The maximum atomic E-state index is 14.2. The van der Waals surface area contributed by atoms with Crippen molar-refractivity contribution in [2.24, 2.45) is 5.73 Å². The van der Waals surface area contributed by atoms with E-state index >= 15 is 0 Å². The Balaban J connectivity index is 2.07. The van der Waals surface area contributed by atoms with Crippen molar-refractivity contribution in [3.05, 3.63) is 59.2 Å². The molecule has 0 saturated heterocycles. The van der Waals surface area contributed by atoms with Gasteiger partial charge in [-0.3, -0.25) is 14.4 Å². The summed E-state index contributed by atoms with van der Waals surface area (Å²) in [4.78, 5) is 54.5. The Hall–Kier alpha value is -4.08. The SMILES string of the molecule is COc1ccc(NC(=O)C(c2c(C)cccc2C)N(C(=O)C(CC(N)=O)NC(=O)OC(C)(C)C)C2CCC2)cc1. The molecule has 0 radical (unpaired) electrons. The number of carbonyl (C=O) groups excluding carboxylic acids is 4. The molecular formula is C30H40N4O6. The van der Waals surface area contributed by atoms with Crippen LogP contribution in [0.3, 0.4) is 0 Å². The second-order valence-corrected chi connectivity index (χ2v) is 11.1. The van der Waals surface area contributed by atoms with Crippen molar-refractivity contribution < 1.29 is 28.7 Å². The van der Waals surface area contributed by atoms with Gasteiger partial charge < -0.3 is 30.7 Å². The molecule has 2 atom stereocenters. The van der Waals surface area contributed by atoms with Crippen molar-refractivity contribution >= 4 is 29.5 Å². The Morgan fingerprint density at radius 3 is 2.10 bits per heavy atom. The Bertz CT molecular complexity index is 1210. The highest BCUT2D eigenvalue weighted by Gasteiger charge is 2.43. The lowest BCUT2D eigenvalue weighted by Gasteiger charge is -2.44. The standard InChI is InChI=1S/C30H40N4O6/c1-18-9-7-10-19(2)25(18)26(27(36)32-20-13-15-22(39-6)16-14-20)34(21-11-8-12-21)28(37)23(17-24(31)35)33-29(38)40-30(3,4)5/h7,9-10,13-16,21,23,26H,8,11-12,17H2,1-6H3,(H2,31,35)(H,32,36)(H,33,38). The summed E-state index contributed by atoms with van der Waals surface area (Å²) in [5.41, 5.74) is 7.54. The van der Waals surface area contributed by atoms with Gasteiger partial charge in [0, 0.05) is 11.7 Å². The van der Waals surface area contributed by atoms with Crippen LogP contribution in [0.1, 0.15) is 69.2 Å². The van der Waals surface area contributed by atoms with Crippen molar-refractivity contribution in [3.8, 4) is 5.75 Å². The first-order valence-corrected chi connectivity index (χ1v) is 13.4. The first kappa shape index (κ1) is 30.5. The lowest BCUT2D eigenvalue weighted by molar-refractivity contribution is -0.146. The number of aryl methyl sites for hydroxylation is 2. The van der Waals surface area contributed by atoms with Crippen LogP contribution < -0.4 is 21.1 Å². The van der Waals surface area contributed by atoms with Crippen LogP contribution in [0.15, 0.2) is 42.5 Å². The molecule has 0 bridgehead atoms. The zero-order chi connectivity index (χ0) is 29.6. The molecule has 1 fully saturated rings. The predicted molar refractivity (Wildman–Crippen MR) is 152 cm³/mol. The van der Waals surface area contributed by atoms with E-state index in [0.29, 0.717) is 29.8 Å². The number of anilines is 1. The van der Waals surface area contributed by atoms with Crippen LogP contribution in [0.5, 0.6) is 5.75 Å². The number of hydrogen-bond acceptors (Lipinski definition) is 6. The summed E-state index contributed by atoms with van der Waals surface area (Å²) in [6.07, 6.45) is 0.943. The maximum Gasteiger partial charge on any atom is 0.408 e. The molecule has 0 spiro atoms. The summed E-state index contributed by atoms with van der Waals surface area (Å²) in [5, 5.41) is 5.47. The number of nitrogens with zero attached hydrogens (tertiary/aromatic N) is 1. The lowest BCUT2D eigenvalue weighted by Crippen LogP contribution is -2.57. The molecular weight excluding hydrogens is 512 g/mol. The molecule has 1 aliphatic carbocycles. The molecule has 0 aromatic heterocycles. The summed E-state index contributed by atoms with van der Waals surface area (Å²) in [6.45, 7) is 8.86. The largest absolute Gasteiger partial charge is 0.497 e. The highest BCUT2D eigenvalue weighted by molar-refractivity contribution is 6.00. The number of hydrogen-bond donors (Lipinski definition) is 3. The number of alkyl carbamates (subject to hydrolysis) is 1. The Labute approximate surface area is 235 Å². The van der Waals surface area contributed by atoms with Gasteiger partial charge in [-0.25, -0.2) is 4.79 Å². The van der Waals surface area contributed by atoms with E-state index in [1.54, 1.807) is 52.1 Å². The molecule has 4 amide bonds.